The topological polar surface area (TPSA) is 61.9 Å². The third-order valence-electron chi connectivity index (χ3n) is 6.87. The first-order valence-electron chi connectivity index (χ1n) is 10.8. The van der Waals surface area contributed by atoms with Gasteiger partial charge in [0.15, 0.2) is 0 Å². The molecule has 0 saturated carbocycles. The van der Waals surface area contributed by atoms with E-state index in [1.165, 1.54) is 0 Å². The number of anilines is 1. The van der Waals surface area contributed by atoms with E-state index in [1.54, 1.807) is 7.11 Å². The second-order valence-corrected chi connectivity index (χ2v) is 8.72. The maximum absolute atomic E-state index is 13.0. The van der Waals surface area contributed by atoms with E-state index in [4.69, 9.17) is 4.74 Å². The fourth-order valence-corrected chi connectivity index (χ4v) is 4.88. The van der Waals surface area contributed by atoms with Gasteiger partial charge in [-0.2, -0.15) is 0 Å². The lowest BCUT2D eigenvalue weighted by molar-refractivity contribution is -0.132. The molecule has 1 aromatic carbocycles. The van der Waals surface area contributed by atoms with Gasteiger partial charge in [0.25, 0.3) is 0 Å². The fourth-order valence-electron chi connectivity index (χ4n) is 4.88. The molecule has 3 amide bonds. The molecule has 1 spiro atoms. The van der Waals surface area contributed by atoms with E-state index in [0.717, 1.165) is 44.3 Å². The monoisotopic (exact) mass is 409 g/mol. The molecule has 1 aromatic rings. The average Bonchev–Trinajstić information content (AvgIpc) is 3.18. The van der Waals surface area contributed by atoms with E-state index in [1.807, 2.05) is 40.1 Å². The Labute approximate surface area is 178 Å². The van der Waals surface area contributed by atoms with Crippen LogP contribution in [0.2, 0.25) is 0 Å². The third-order valence-corrected chi connectivity index (χ3v) is 6.87. The molecule has 0 radical (unpaired) electrons. The number of ether oxygens (including phenoxy) is 1. The number of hydrogen-bond acceptors (Lipinski definition) is 3. The molecular formula is C24H31N3O3. The summed E-state index contributed by atoms with van der Waals surface area (Å²) in [7, 11) is 1.60. The van der Waals surface area contributed by atoms with Crippen molar-refractivity contribution < 1.29 is 14.3 Å². The zero-order chi connectivity index (χ0) is 21.1. The first kappa shape index (κ1) is 20.5. The van der Waals surface area contributed by atoms with Crippen LogP contribution in [0.3, 0.4) is 0 Å². The molecule has 2 heterocycles. The van der Waals surface area contributed by atoms with E-state index < -0.39 is 0 Å². The van der Waals surface area contributed by atoms with Crippen LogP contribution in [0, 0.1) is 11.3 Å². The molecule has 1 atom stereocenters. The smallest absolute Gasteiger partial charge is 0.321 e. The highest BCUT2D eigenvalue weighted by molar-refractivity contribution is 5.91. The van der Waals surface area contributed by atoms with Crippen molar-refractivity contribution in [2.75, 3.05) is 38.6 Å². The largest absolute Gasteiger partial charge is 0.495 e. The Morgan fingerprint density at radius 3 is 2.50 bits per heavy atom. The van der Waals surface area contributed by atoms with Crippen LogP contribution < -0.4 is 10.1 Å². The van der Waals surface area contributed by atoms with Crippen molar-refractivity contribution >= 4 is 17.6 Å². The zero-order valence-corrected chi connectivity index (χ0v) is 17.9. The van der Waals surface area contributed by atoms with Gasteiger partial charge in [0.05, 0.1) is 18.7 Å². The van der Waals surface area contributed by atoms with Gasteiger partial charge in [0.1, 0.15) is 5.75 Å². The average molecular weight is 410 g/mol. The number of methoxy groups -OCH3 is 1. The highest BCUT2D eigenvalue weighted by Crippen LogP contribution is 2.41. The molecule has 30 heavy (non-hydrogen) atoms. The molecule has 6 heteroatoms. The predicted octanol–water partition coefficient (Wildman–Crippen LogP) is 4.06. The van der Waals surface area contributed by atoms with Gasteiger partial charge in [-0.05, 0) is 50.2 Å². The summed E-state index contributed by atoms with van der Waals surface area (Å²) in [6.07, 6.45) is 10.1. The Morgan fingerprint density at radius 2 is 1.80 bits per heavy atom. The van der Waals surface area contributed by atoms with Gasteiger partial charge in [-0.15, -0.1) is 0 Å². The first-order valence-corrected chi connectivity index (χ1v) is 10.8. The summed E-state index contributed by atoms with van der Waals surface area (Å²) >= 11 is 0. The molecule has 1 aliphatic carbocycles. The summed E-state index contributed by atoms with van der Waals surface area (Å²) in [4.78, 5) is 29.7. The number of carbonyl (C=O) groups is 2. The quantitative estimate of drug-likeness (QED) is 0.766. The fraction of sp³-hybridized carbons (Fsp3) is 0.500. The van der Waals surface area contributed by atoms with E-state index in [9.17, 15) is 9.59 Å². The molecule has 1 N–H and O–H groups in total. The molecule has 4 rings (SSSR count). The van der Waals surface area contributed by atoms with Gasteiger partial charge < -0.3 is 19.9 Å². The van der Waals surface area contributed by atoms with Gasteiger partial charge in [-0.1, -0.05) is 35.9 Å². The Hall–Kier alpha value is -2.76. The summed E-state index contributed by atoms with van der Waals surface area (Å²) in [5.74, 6) is 0.791. The molecule has 2 aliphatic heterocycles. The number of rotatable bonds is 3. The van der Waals surface area contributed by atoms with Crippen molar-refractivity contribution in [3.8, 4) is 5.75 Å². The van der Waals surface area contributed by atoms with Crippen LogP contribution in [-0.2, 0) is 4.79 Å². The summed E-state index contributed by atoms with van der Waals surface area (Å²) in [5.41, 5.74) is 1.99. The molecule has 3 aliphatic rings. The number of benzene rings is 1. The lowest BCUT2D eigenvalue weighted by Crippen LogP contribution is -2.46. The lowest BCUT2D eigenvalue weighted by Gasteiger charge is -2.39. The molecule has 160 valence electrons. The van der Waals surface area contributed by atoms with E-state index in [-0.39, 0.29) is 23.3 Å². The second-order valence-electron chi connectivity index (χ2n) is 8.72. The third kappa shape index (κ3) is 4.09. The van der Waals surface area contributed by atoms with Crippen LogP contribution in [0.5, 0.6) is 5.75 Å². The molecule has 0 bridgehead atoms. The molecular weight excluding hydrogens is 378 g/mol. The van der Waals surface area contributed by atoms with Crippen LogP contribution in [0.25, 0.3) is 0 Å². The Morgan fingerprint density at radius 1 is 1.10 bits per heavy atom. The molecule has 2 saturated heterocycles. The van der Waals surface area contributed by atoms with Crippen molar-refractivity contribution in [2.45, 2.75) is 32.6 Å². The Bertz CT molecular complexity index is 868. The van der Waals surface area contributed by atoms with E-state index in [2.05, 4.69) is 24.4 Å². The summed E-state index contributed by atoms with van der Waals surface area (Å²) in [6, 6.07) is 7.36. The van der Waals surface area contributed by atoms with Crippen molar-refractivity contribution in [1.29, 1.82) is 0 Å². The number of amides is 3. The van der Waals surface area contributed by atoms with Crippen LogP contribution in [0.4, 0.5) is 10.5 Å². The molecule has 0 aromatic heterocycles. The number of hydrogen-bond donors (Lipinski definition) is 1. The number of nitrogens with zero attached hydrogens (tertiary/aromatic N) is 2. The number of para-hydroxylation sites is 2. The van der Waals surface area contributed by atoms with Crippen LogP contribution in [0.1, 0.15) is 32.6 Å². The van der Waals surface area contributed by atoms with Gasteiger partial charge in [-0.25, -0.2) is 4.79 Å². The van der Waals surface area contributed by atoms with E-state index in [0.29, 0.717) is 24.5 Å². The van der Waals surface area contributed by atoms with Crippen molar-refractivity contribution in [2.24, 2.45) is 11.3 Å². The molecule has 6 nitrogen and oxygen atoms in total. The molecule has 1 unspecified atom stereocenters. The van der Waals surface area contributed by atoms with Crippen molar-refractivity contribution in [3.05, 3.63) is 48.1 Å². The van der Waals surface area contributed by atoms with Crippen LogP contribution in [-0.4, -0.2) is 55.0 Å². The van der Waals surface area contributed by atoms with Crippen molar-refractivity contribution in [3.63, 3.8) is 0 Å². The number of urea groups is 1. The summed E-state index contributed by atoms with van der Waals surface area (Å²) in [5, 5.41) is 2.97. The zero-order valence-electron chi connectivity index (χ0n) is 17.9. The highest BCUT2D eigenvalue weighted by atomic mass is 16.5. The number of allylic oxidation sites excluding steroid dienone is 2. The van der Waals surface area contributed by atoms with Gasteiger partial charge in [0, 0.05) is 26.2 Å². The predicted molar refractivity (Wildman–Crippen MR) is 117 cm³/mol. The standard InChI is InChI=1S/C24H31N3O3/c1-18-7-3-4-8-19(18)22(28)27-16-13-24(17-27)11-14-26(15-12-24)23(29)25-20-9-5-6-10-21(20)30-2/h4-10,19H,3,11-17H2,1-2H3,(H,25,29). The maximum atomic E-state index is 13.0. The number of nitrogens with one attached hydrogen (secondary N) is 1. The first-order chi connectivity index (χ1) is 14.5. The van der Waals surface area contributed by atoms with Crippen LogP contribution in [0.15, 0.2) is 48.1 Å². The van der Waals surface area contributed by atoms with E-state index >= 15 is 0 Å². The van der Waals surface area contributed by atoms with Crippen molar-refractivity contribution in [1.82, 2.24) is 9.80 Å². The van der Waals surface area contributed by atoms with Crippen LogP contribution >= 0.6 is 0 Å². The van der Waals surface area contributed by atoms with Gasteiger partial charge in [0.2, 0.25) is 5.91 Å². The molecule has 2 fully saturated rings. The lowest BCUT2D eigenvalue weighted by atomic mass is 9.78. The summed E-state index contributed by atoms with van der Waals surface area (Å²) < 4.78 is 5.32. The minimum absolute atomic E-state index is 0.0895. The van der Waals surface area contributed by atoms with Gasteiger partial charge >= 0.3 is 6.03 Å². The number of carbonyl (C=O) groups excluding carboxylic acids is 2. The second kappa shape index (κ2) is 8.54. The van der Waals surface area contributed by atoms with Gasteiger partial charge in [-0.3, -0.25) is 4.79 Å². The number of likely N-dealkylation sites (tertiary alicyclic amines) is 2. The normalized spacial score (nSPS) is 22.7. The minimum Gasteiger partial charge on any atom is -0.495 e. The SMILES string of the molecule is COc1ccccc1NC(=O)N1CCC2(CC1)CCN(C(=O)C1C=CCC=C1C)C2. The summed E-state index contributed by atoms with van der Waals surface area (Å²) in [6.45, 7) is 5.11. The highest BCUT2D eigenvalue weighted by Gasteiger charge is 2.43. The Balaban J connectivity index is 1.32. The Kier molecular flexibility index (Phi) is 5.84. The number of piperidine rings is 1. The maximum Gasteiger partial charge on any atom is 0.321 e. The minimum atomic E-state index is -0.0966.